The first kappa shape index (κ1) is 19.0. The Balaban J connectivity index is 1.41. The van der Waals surface area contributed by atoms with Crippen LogP contribution in [0.2, 0.25) is 0 Å². The molecular weight excluding hydrogens is 395 g/mol. The van der Waals surface area contributed by atoms with Crippen molar-refractivity contribution in [2.24, 2.45) is 0 Å². The van der Waals surface area contributed by atoms with Gasteiger partial charge in [0.1, 0.15) is 17.7 Å². The number of halogens is 1. The summed E-state index contributed by atoms with van der Waals surface area (Å²) in [4.78, 5) is 25.4. The molecule has 1 unspecified atom stereocenters. The molecule has 6 nitrogen and oxygen atoms in total. The molecule has 1 aromatic heterocycles. The lowest BCUT2D eigenvalue weighted by Crippen LogP contribution is -2.23. The molecule has 0 spiro atoms. The average molecular weight is 414 g/mol. The quantitative estimate of drug-likeness (QED) is 0.509. The maximum atomic E-state index is 13.3. The third-order valence-corrected chi connectivity index (χ3v) is 5.50. The van der Waals surface area contributed by atoms with E-state index < -0.39 is 6.04 Å². The van der Waals surface area contributed by atoms with Crippen molar-refractivity contribution in [2.75, 3.05) is 10.6 Å². The summed E-state index contributed by atoms with van der Waals surface area (Å²) in [6.07, 6.45) is -0.0496. The van der Waals surface area contributed by atoms with Gasteiger partial charge in [0.2, 0.25) is 5.91 Å². The van der Waals surface area contributed by atoms with E-state index in [1.54, 1.807) is 16.8 Å². The maximum absolute atomic E-state index is 13.3. The van der Waals surface area contributed by atoms with Gasteiger partial charge in [-0.15, -0.1) is 0 Å². The standard InChI is InChI=1S/C24H19FN4O2/c1-14-22(16-9-11-17(25)12-10-16)23-27-24(31)20(29(23)28-14)13-21(30)26-19-8-4-6-15-5-2-3-7-18(15)19/h2-12,20H,13H2,1H3,(H,26,30)(H,27,31). The van der Waals surface area contributed by atoms with Crippen molar-refractivity contribution in [3.8, 4) is 11.1 Å². The third kappa shape index (κ3) is 3.34. The summed E-state index contributed by atoms with van der Waals surface area (Å²) in [5.41, 5.74) is 2.87. The van der Waals surface area contributed by atoms with Crippen LogP contribution in [0.15, 0.2) is 66.7 Å². The number of benzene rings is 3. The number of hydrogen-bond acceptors (Lipinski definition) is 3. The van der Waals surface area contributed by atoms with Gasteiger partial charge in [-0.05, 0) is 36.1 Å². The zero-order chi connectivity index (χ0) is 21.5. The number of rotatable bonds is 4. The highest BCUT2D eigenvalue weighted by Gasteiger charge is 2.36. The van der Waals surface area contributed by atoms with Crippen LogP contribution in [0.4, 0.5) is 15.9 Å². The van der Waals surface area contributed by atoms with Crippen molar-refractivity contribution in [3.05, 3.63) is 78.2 Å². The summed E-state index contributed by atoms with van der Waals surface area (Å²) in [5, 5.41) is 12.2. The van der Waals surface area contributed by atoms with Gasteiger partial charge in [-0.2, -0.15) is 5.10 Å². The van der Waals surface area contributed by atoms with Crippen molar-refractivity contribution in [1.29, 1.82) is 0 Å². The minimum atomic E-state index is -0.752. The topological polar surface area (TPSA) is 76.0 Å². The summed E-state index contributed by atoms with van der Waals surface area (Å²) in [5.74, 6) is -0.380. The van der Waals surface area contributed by atoms with Gasteiger partial charge >= 0.3 is 0 Å². The predicted molar refractivity (Wildman–Crippen MR) is 117 cm³/mol. The normalized spacial score (nSPS) is 15.0. The monoisotopic (exact) mass is 414 g/mol. The molecule has 0 bridgehead atoms. The fraction of sp³-hybridized carbons (Fsp3) is 0.125. The van der Waals surface area contributed by atoms with Crippen LogP contribution < -0.4 is 10.6 Å². The van der Waals surface area contributed by atoms with E-state index in [9.17, 15) is 14.0 Å². The number of nitrogens with zero attached hydrogens (tertiary/aromatic N) is 2. The molecule has 4 aromatic rings. The molecule has 2 amide bonds. The van der Waals surface area contributed by atoms with Gasteiger partial charge in [-0.3, -0.25) is 9.59 Å². The highest BCUT2D eigenvalue weighted by molar-refractivity contribution is 6.06. The molecule has 2 N–H and O–H groups in total. The summed E-state index contributed by atoms with van der Waals surface area (Å²) in [6.45, 7) is 1.82. The summed E-state index contributed by atoms with van der Waals surface area (Å²) in [7, 11) is 0. The number of anilines is 2. The molecule has 7 heteroatoms. The van der Waals surface area contributed by atoms with Crippen LogP contribution in [0.1, 0.15) is 18.2 Å². The van der Waals surface area contributed by atoms with E-state index in [1.165, 1.54) is 12.1 Å². The Hall–Kier alpha value is -4.00. The lowest BCUT2D eigenvalue weighted by atomic mass is 10.1. The van der Waals surface area contributed by atoms with Crippen LogP contribution in [-0.2, 0) is 9.59 Å². The van der Waals surface area contributed by atoms with Crippen LogP contribution >= 0.6 is 0 Å². The first-order valence-electron chi connectivity index (χ1n) is 9.95. The Morgan fingerprint density at radius 2 is 1.84 bits per heavy atom. The number of aryl methyl sites for hydroxylation is 1. The Labute approximate surface area is 177 Å². The summed E-state index contributed by atoms with van der Waals surface area (Å²) < 4.78 is 14.9. The van der Waals surface area contributed by atoms with Gasteiger partial charge in [-0.25, -0.2) is 9.07 Å². The molecular formula is C24H19FN4O2. The fourth-order valence-electron chi connectivity index (χ4n) is 4.06. The molecule has 0 aliphatic carbocycles. The van der Waals surface area contributed by atoms with E-state index >= 15 is 0 Å². The number of nitrogens with one attached hydrogen (secondary N) is 2. The highest BCUT2D eigenvalue weighted by Crippen LogP contribution is 2.38. The van der Waals surface area contributed by atoms with E-state index in [0.717, 1.165) is 21.9 Å². The summed E-state index contributed by atoms with van der Waals surface area (Å²) >= 11 is 0. The Morgan fingerprint density at radius 3 is 2.65 bits per heavy atom. The molecule has 1 atom stereocenters. The van der Waals surface area contributed by atoms with Gasteiger partial charge in [-0.1, -0.05) is 48.5 Å². The summed E-state index contributed by atoms with van der Waals surface area (Å²) in [6, 6.07) is 18.7. The molecule has 1 aliphatic heterocycles. The number of fused-ring (bicyclic) bond motifs is 2. The van der Waals surface area contributed by atoms with Gasteiger partial charge in [0, 0.05) is 16.6 Å². The lowest BCUT2D eigenvalue weighted by molar-refractivity contribution is -0.123. The van der Waals surface area contributed by atoms with Crippen molar-refractivity contribution < 1.29 is 14.0 Å². The molecule has 0 saturated heterocycles. The highest BCUT2D eigenvalue weighted by atomic mass is 19.1. The largest absolute Gasteiger partial charge is 0.325 e. The molecule has 31 heavy (non-hydrogen) atoms. The van der Waals surface area contributed by atoms with Crippen LogP contribution in [0.25, 0.3) is 21.9 Å². The van der Waals surface area contributed by atoms with Crippen LogP contribution in [0.5, 0.6) is 0 Å². The first-order chi connectivity index (χ1) is 15.0. The zero-order valence-corrected chi connectivity index (χ0v) is 16.7. The van der Waals surface area contributed by atoms with Gasteiger partial charge in [0.15, 0.2) is 0 Å². The molecule has 0 radical (unpaired) electrons. The Kier molecular flexibility index (Phi) is 4.51. The number of carbonyl (C=O) groups is 2. The van der Waals surface area contributed by atoms with Crippen molar-refractivity contribution in [2.45, 2.75) is 19.4 Å². The van der Waals surface area contributed by atoms with E-state index in [0.29, 0.717) is 17.2 Å². The first-order valence-corrected chi connectivity index (χ1v) is 9.95. The number of carbonyl (C=O) groups excluding carboxylic acids is 2. The third-order valence-electron chi connectivity index (χ3n) is 5.50. The smallest absolute Gasteiger partial charge is 0.251 e. The fourth-order valence-corrected chi connectivity index (χ4v) is 4.06. The Morgan fingerprint density at radius 1 is 1.10 bits per heavy atom. The molecule has 2 heterocycles. The van der Waals surface area contributed by atoms with E-state index in [-0.39, 0.29) is 24.1 Å². The predicted octanol–water partition coefficient (Wildman–Crippen LogP) is 4.67. The lowest BCUT2D eigenvalue weighted by Gasteiger charge is -2.12. The van der Waals surface area contributed by atoms with Crippen LogP contribution in [0.3, 0.4) is 0 Å². The second-order valence-electron chi connectivity index (χ2n) is 7.54. The van der Waals surface area contributed by atoms with Crippen molar-refractivity contribution >= 4 is 34.1 Å². The van der Waals surface area contributed by atoms with E-state index in [2.05, 4.69) is 15.7 Å². The van der Waals surface area contributed by atoms with E-state index in [1.807, 2.05) is 49.4 Å². The van der Waals surface area contributed by atoms with E-state index in [4.69, 9.17) is 0 Å². The van der Waals surface area contributed by atoms with Gasteiger partial charge < -0.3 is 10.6 Å². The minimum absolute atomic E-state index is 0.0496. The number of hydrogen-bond donors (Lipinski definition) is 2. The second-order valence-corrected chi connectivity index (χ2v) is 7.54. The molecule has 5 rings (SSSR count). The van der Waals surface area contributed by atoms with Crippen LogP contribution in [0, 0.1) is 12.7 Å². The molecule has 1 aliphatic rings. The molecule has 3 aromatic carbocycles. The van der Waals surface area contributed by atoms with Gasteiger partial charge in [0.25, 0.3) is 5.91 Å². The second kappa shape index (κ2) is 7.36. The van der Waals surface area contributed by atoms with Crippen molar-refractivity contribution in [1.82, 2.24) is 9.78 Å². The minimum Gasteiger partial charge on any atom is -0.325 e. The SMILES string of the molecule is Cc1nn2c(c1-c1ccc(F)cc1)NC(=O)C2CC(=O)Nc1cccc2ccccc12. The average Bonchev–Trinajstić information content (AvgIpc) is 3.23. The molecule has 0 saturated carbocycles. The maximum Gasteiger partial charge on any atom is 0.251 e. The Bertz CT molecular complexity index is 1320. The molecule has 154 valence electrons. The number of amides is 2. The van der Waals surface area contributed by atoms with Gasteiger partial charge in [0.05, 0.1) is 12.1 Å². The van der Waals surface area contributed by atoms with Crippen molar-refractivity contribution in [3.63, 3.8) is 0 Å². The van der Waals surface area contributed by atoms with Crippen LogP contribution in [-0.4, -0.2) is 21.6 Å². The zero-order valence-electron chi connectivity index (χ0n) is 16.7. The molecule has 0 fully saturated rings. The number of aromatic nitrogens is 2.